The molecule has 0 amide bonds. The average Bonchev–Trinajstić information content (AvgIpc) is 2.46. The average molecular weight is 274 g/mol. The van der Waals surface area contributed by atoms with Crippen LogP contribution in [-0.4, -0.2) is 12.9 Å². The fraction of sp³-hybridized carbons (Fsp3) is 0.188. The Hall–Kier alpha value is -2.36. The van der Waals surface area contributed by atoms with Crippen molar-refractivity contribution in [2.75, 3.05) is 6.61 Å². The van der Waals surface area contributed by atoms with Crippen molar-refractivity contribution >= 4 is 6.29 Å². The maximum Gasteiger partial charge on any atom is 0.172 e. The number of aldehydes is 1. The van der Waals surface area contributed by atoms with E-state index in [1.807, 2.05) is 6.92 Å². The highest BCUT2D eigenvalue weighted by Gasteiger charge is 2.10. The number of para-hydroxylation sites is 1. The fourth-order valence-corrected chi connectivity index (χ4v) is 1.83. The maximum atomic E-state index is 13.1. The van der Waals surface area contributed by atoms with Crippen molar-refractivity contribution in [3.63, 3.8) is 0 Å². The Bertz CT molecular complexity index is 596. The van der Waals surface area contributed by atoms with Gasteiger partial charge in [-0.05, 0) is 36.8 Å². The zero-order valence-corrected chi connectivity index (χ0v) is 11.1. The van der Waals surface area contributed by atoms with Crippen LogP contribution in [0.1, 0.15) is 22.8 Å². The van der Waals surface area contributed by atoms with E-state index < -0.39 is 0 Å². The summed E-state index contributed by atoms with van der Waals surface area (Å²) in [4.78, 5) is 11.1. The van der Waals surface area contributed by atoms with Crippen molar-refractivity contribution in [2.45, 2.75) is 13.5 Å². The second-order valence-electron chi connectivity index (χ2n) is 4.14. The highest BCUT2D eigenvalue weighted by atomic mass is 19.1. The summed E-state index contributed by atoms with van der Waals surface area (Å²) in [5, 5.41) is 0. The Kier molecular flexibility index (Phi) is 4.71. The molecule has 0 aliphatic heterocycles. The van der Waals surface area contributed by atoms with Gasteiger partial charge in [0, 0.05) is 0 Å². The monoisotopic (exact) mass is 274 g/mol. The first kappa shape index (κ1) is 14.1. The maximum absolute atomic E-state index is 13.1. The van der Waals surface area contributed by atoms with Crippen molar-refractivity contribution in [1.82, 2.24) is 0 Å². The van der Waals surface area contributed by atoms with E-state index in [-0.39, 0.29) is 12.4 Å². The molecule has 4 heteroatoms. The molecule has 0 aromatic heterocycles. The minimum absolute atomic E-state index is 0.169. The van der Waals surface area contributed by atoms with Gasteiger partial charge in [-0.1, -0.05) is 18.2 Å². The normalized spacial score (nSPS) is 10.1. The lowest BCUT2D eigenvalue weighted by molar-refractivity contribution is 0.111. The van der Waals surface area contributed by atoms with Gasteiger partial charge in [0.2, 0.25) is 0 Å². The Morgan fingerprint density at radius 2 is 1.95 bits per heavy atom. The third-order valence-electron chi connectivity index (χ3n) is 2.71. The first-order chi connectivity index (χ1) is 9.74. The minimum Gasteiger partial charge on any atom is -0.490 e. The van der Waals surface area contributed by atoms with Gasteiger partial charge < -0.3 is 9.47 Å². The van der Waals surface area contributed by atoms with Gasteiger partial charge in [0.25, 0.3) is 0 Å². The minimum atomic E-state index is -0.320. The van der Waals surface area contributed by atoms with Gasteiger partial charge in [-0.3, -0.25) is 4.79 Å². The van der Waals surface area contributed by atoms with E-state index in [9.17, 15) is 9.18 Å². The summed E-state index contributed by atoms with van der Waals surface area (Å²) in [5.74, 6) is 0.571. The van der Waals surface area contributed by atoms with Crippen LogP contribution in [0.5, 0.6) is 11.5 Å². The second-order valence-corrected chi connectivity index (χ2v) is 4.14. The molecule has 0 aliphatic rings. The lowest BCUT2D eigenvalue weighted by Crippen LogP contribution is -2.02. The summed E-state index contributed by atoms with van der Waals surface area (Å²) in [7, 11) is 0. The van der Waals surface area contributed by atoms with E-state index in [0.29, 0.717) is 35.5 Å². The van der Waals surface area contributed by atoms with Crippen LogP contribution in [0.15, 0.2) is 42.5 Å². The van der Waals surface area contributed by atoms with Crippen LogP contribution >= 0.6 is 0 Å². The van der Waals surface area contributed by atoms with E-state index in [2.05, 4.69) is 0 Å². The molecule has 3 nitrogen and oxygen atoms in total. The van der Waals surface area contributed by atoms with Crippen LogP contribution in [0.25, 0.3) is 0 Å². The number of carbonyl (C=O) groups excluding carboxylic acids is 1. The predicted octanol–water partition coefficient (Wildman–Crippen LogP) is 3.62. The zero-order valence-electron chi connectivity index (χ0n) is 11.1. The summed E-state index contributed by atoms with van der Waals surface area (Å²) in [6, 6.07) is 11.2. The lowest BCUT2D eigenvalue weighted by atomic mass is 10.2. The van der Waals surface area contributed by atoms with E-state index >= 15 is 0 Å². The van der Waals surface area contributed by atoms with Gasteiger partial charge in [-0.25, -0.2) is 4.39 Å². The highest BCUT2D eigenvalue weighted by molar-refractivity contribution is 5.81. The number of halogens is 1. The molecule has 0 atom stereocenters. The van der Waals surface area contributed by atoms with Gasteiger partial charge in [-0.2, -0.15) is 0 Å². The molecule has 0 radical (unpaired) electrons. The van der Waals surface area contributed by atoms with E-state index in [0.717, 1.165) is 0 Å². The van der Waals surface area contributed by atoms with Gasteiger partial charge in [-0.15, -0.1) is 0 Å². The molecule has 0 N–H and O–H groups in total. The van der Waals surface area contributed by atoms with Crippen molar-refractivity contribution in [1.29, 1.82) is 0 Å². The lowest BCUT2D eigenvalue weighted by Gasteiger charge is -2.13. The van der Waals surface area contributed by atoms with Crippen molar-refractivity contribution in [2.24, 2.45) is 0 Å². The first-order valence-corrected chi connectivity index (χ1v) is 6.33. The standard InChI is InChI=1S/C16H15FO3/c1-2-19-15-8-4-6-13(10-18)16(15)20-11-12-5-3-7-14(17)9-12/h3-10H,2,11H2,1H3. The van der Waals surface area contributed by atoms with Gasteiger partial charge >= 0.3 is 0 Å². The van der Waals surface area contributed by atoms with Crippen LogP contribution in [0, 0.1) is 5.82 Å². The summed E-state index contributed by atoms with van der Waals surface area (Å²) in [6.07, 6.45) is 0.712. The molecule has 0 unspecified atom stereocenters. The SMILES string of the molecule is CCOc1cccc(C=O)c1OCc1cccc(F)c1. The van der Waals surface area contributed by atoms with Crippen LogP contribution in [-0.2, 0) is 6.61 Å². The summed E-state index contributed by atoms with van der Waals surface area (Å²) in [5.41, 5.74) is 1.10. The zero-order chi connectivity index (χ0) is 14.4. The van der Waals surface area contributed by atoms with Crippen LogP contribution in [0.2, 0.25) is 0 Å². The Morgan fingerprint density at radius 1 is 1.15 bits per heavy atom. The van der Waals surface area contributed by atoms with E-state index in [1.54, 1.807) is 30.3 Å². The molecule has 0 saturated heterocycles. The van der Waals surface area contributed by atoms with Crippen LogP contribution in [0.4, 0.5) is 4.39 Å². The molecular weight excluding hydrogens is 259 g/mol. The summed E-state index contributed by atoms with van der Waals surface area (Å²) in [6.45, 7) is 2.49. The Balaban J connectivity index is 2.21. The van der Waals surface area contributed by atoms with Crippen LogP contribution in [0.3, 0.4) is 0 Å². The van der Waals surface area contributed by atoms with Gasteiger partial charge in [0.15, 0.2) is 17.8 Å². The molecule has 0 saturated carbocycles. The largest absolute Gasteiger partial charge is 0.490 e. The molecule has 0 aliphatic carbocycles. The van der Waals surface area contributed by atoms with Crippen molar-refractivity contribution in [3.05, 3.63) is 59.4 Å². The number of hydrogen-bond donors (Lipinski definition) is 0. The van der Waals surface area contributed by atoms with E-state index in [4.69, 9.17) is 9.47 Å². The smallest absolute Gasteiger partial charge is 0.172 e. The predicted molar refractivity (Wildman–Crippen MR) is 73.7 cm³/mol. The molecular formula is C16H15FO3. The molecule has 0 fully saturated rings. The van der Waals surface area contributed by atoms with Gasteiger partial charge in [0.05, 0.1) is 12.2 Å². The molecule has 0 heterocycles. The molecule has 20 heavy (non-hydrogen) atoms. The van der Waals surface area contributed by atoms with Gasteiger partial charge in [0.1, 0.15) is 12.4 Å². The quantitative estimate of drug-likeness (QED) is 0.755. The summed E-state index contributed by atoms with van der Waals surface area (Å²) >= 11 is 0. The Morgan fingerprint density at radius 3 is 2.65 bits per heavy atom. The number of rotatable bonds is 6. The molecule has 0 spiro atoms. The number of carbonyl (C=O) groups is 1. The molecule has 2 rings (SSSR count). The fourth-order valence-electron chi connectivity index (χ4n) is 1.83. The first-order valence-electron chi connectivity index (χ1n) is 6.33. The third kappa shape index (κ3) is 3.35. The van der Waals surface area contributed by atoms with E-state index in [1.165, 1.54) is 12.1 Å². The number of ether oxygens (including phenoxy) is 2. The van der Waals surface area contributed by atoms with Crippen LogP contribution < -0.4 is 9.47 Å². The van der Waals surface area contributed by atoms with Crippen molar-refractivity contribution < 1.29 is 18.7 Å². The van der Waals surface area contributed by atoms with Crippen molar-refractivity contribution in [3.8, 4) is 11.5 Å². The topological polar surface area (TPSA) is 35.5 Å². The molecule has 2 aromatic carbocycles. The Labute approximate surface area is 117 Å². The number of benzene rings is 2. The molecule has 0 bridgehead atoms. The highest BCUT2D eigenvalue weighted by Crippen LogP contribution is 2.31. The summed E-state index contributed by atoms with van der Waals surface area (Å²) < 4.78 is 24.2. The molecule has 2 aromatic rings. The third-order valence-corrected chi connectivity index (χ3v) is 2.71. The second kappa shape index (κ2) is 6.70. The molecule has 104 valence electrons. The number of hydrogen-bond acceptors (Lipinski definition) is 3.